The fourth-order valence-electron chi connectivity index (χ4n) is 2.45. The van der Waals surface area contributed by atoms with Crippen molar-refractivity contribution in [3.8, 4) is 0 Å². The molecule has 1 heterocycles. The van der Waals surface area contributed by atoms with E-state index in [2.05, 4.69) is 15.3 Å². The molecule has 144 valence electrons. The van der Waals surface area contributed by atoms with Gasteiger partial charge < -0.3 is 10.3 Å². The maximum atomic E-state index is 12.2. The van der Waals surface area contributed by atoms with Gasteiger partial charge in [-0.25, -0.2) is 4.98 Å². The Balaban J connectivity index is 1.57. The lowest BCUT2D eigenvalue weighted by Crippen LogP contribution is -2.16. The van der Waals surface area contributed by atoms with Crippen molar-refractivity contribution in [3.05, 3.63) is 81.8 Å². The van der Waals surface area contributed by atoms with Crippen LogP contribution >= 0.6 is 23.5 Å². The second-order valence-corrected chi connectivity index (χ2v) is 8.29. The second-order valence-electron chi connectivity index (χ2n) is 6.28. The number of amides is 1. The molecule has 0 bridgehead atoms. The van der Waals surface area contributed by atoms with E-state index in [0.717, 1.165) is 16.1 Å². The van der Waals surface area contributed by atoms with E-state index < -0.39 is 0 Å². The Hall–Kier alpha value is -2.51. The van der Waals surface area contributed by atoms with Crippen LogP contribution in [0, 0.1) is 13.8 Å². The number of hydrogen-bond acceptors (Lipinski definition) is 5. The second kappa shape index (κ2) is 9.61. The predicted molar refractivity (Wildman–Crippen MR) is 116 cm³/mol. The molecule has 3 aromatic rings. The number of H-pyrrole nitrogens is 1. The molecule has 5 nitrogen and oxygen atoms in total. The van der Waals surface area contributed by atoms with Crippen molar-refractivity contribution in [1.29, 1.82) is 0 Å². The summed E-state index contributed by atoms with van der Waals surface area (Å²) in [6.45, 7) is 4.04. The van der Waals surface area contributed by atoms with Crippen molar-refractivity contribution in [2.75, 3.05) is 11.1 Å². The maximum Gasteiger partial charge on any atom is 0.251 e. The largest absolute Gasteiger partial charge is 0.325 e. The number of thioether (sulfide) groups is 2. The number of hydrogen-bond donors (Lipinski definition) is 2. The van der Waals surface area contributed by atoms with E-state index in [1.807, 2.05) is 62.4 Å². The lowest BCUT2D eigenvalue weighted by atomic mass is 10.1. The van der Waals surface area contributed by atoms with Gasteiger partial charge in [0.15, 0.2) is 5.16 Å². The molecule has 7 heteroatoms. The number of aromatic amines is 1. The lowest BCUT2D eigenvalue weighted by Gasteiger charge is -2.08. The lowest BCUT2D eigenvalue weighted by molar-refractivity contribution is -0.113. The molecule has 0 aliphatic rings. The van der Waals surface area contributed by atoms with Crippen LogP contribution < -0.4 is 10.9 Å². The van der Waals surface area contributed by atoms with Crippen LogP contribution in [0.3, 0.4) is 0 Å². The van der Waals surface area contributed by atoms with Crippen molar-refractivity contribution >= 4 is 35.1 Å². The molecule has 0 saturated carbocycles. The summed E-state index contributed by atoms with van der Waals surface area (Å²) in [7, 11) is 0. The van der Waals surface area contributed by atoms with Crippen molar-refractivity contribution in [2.45, 2.75) is 29.7 Å². The molecule has 0 aliphatic heterocycles. The van der Waals surface area contributed by atoms with E-state index in [1.54, 1.807) is 11.8 Å². The molecule has 0 atom stereocenters. The smallest absolute Gasteiger partial charge is 0.251 e. The molecular weight excluding hydrogens is 390 g/mol. The first-order valence-electron chi connectivity index (χ1n) is 8.77. The van der Waals surface area contributed by atoms with Crippen LogP contribution in [0.15, 0.2) is 69.4 Å². The molecule has 1 amide bonds. The van der Waals surface area contributed by atoms with E-state index in [1.165, 1.54) is 23.4 Å². The van der Waals surface area contributed by atoms with Gasteiger partial charge >= 0.3 is 0 Å². The zero-order valence-corrected chi connectivity index (χ0v) is 17.3. The molecule has 3 rings (SSSR count). The number of carbonyl (C=O) groups is 1. The van der Waals surface area contributed by atoms with Crippen LogP contribution in [0.1, 0.15) is 16.8 Å². The minimum Gasteiger partial charge on any atom is -0.325 e. The first kappa shape index (κ1) is 20.2. The highest BCUT2D eigenvalue weighted by atomic mass is 32.2. The highest BCUT2D eigenvalue weighted by Gasteiger charge is 2.08. The number of nitrogens with one attached hydrogen (secondary N) is 2. The summed E-state index contributed by atoms with van der Waals surface area (Å²) in [5, 5.41) is 3.32. The van der Waals surface area contributed by atoms with E-state index in [4.69, 9.17) is 0 Å². The molecule has 0 aliphatic carbocycles. The number of aryl methyl sites for hydroxylation is 2. The van der Waals surface area contributed by atoms with Gasteiger partial charge in [0.2, 0.25) is 5.91 Å². The fraction of sp³-hybridized carbons (Fsp3) is 0.190. The Morgan fingerprint density at radius 2 is 1.82 bits per heavy atom. The number of aromatic nitrogens is 2. The number of carbonyl (C=O) groups excluding carboxylic acids is 1. The van der Waals surface area contributed by atoms with E-state index in [9.17, 15) is 9.59 Å². The average Bonchev–Trinajstić information content (AvgIpc) is 2.68. The Morgan fingerprint density at radius 1 is 1.04 bits per heavy atom. The van der Waals surface area contributed by atoms with Crippen LogP contribution in [0.5, 0.6) is 0 Å². The monoisotopic (exact) mass is 411 g/mol. The highest BCUT2D eigenvalue weighted by molar-refractivity contribution is 7.99. The summed E-state index contributed by atoms with van der Waals surface area (Å²) in [6.07, 6.45) is 0. The van der Waals surface area contributed by atoms with Gasteiger partial charge in [-0.05, 0) is 49.2 Å². The van der Waals surface area contributed by atoms with Crippen LogP contribution in [-0.4, -0.2) is 21.6 Å². The Bertz CT molecular complexity index is 1020. The van der Waals surface area contributed by atoms with Crippen molar-refractivity contribution in [2.24, 2.45) is 0 Å². The van der Waals surface area contributed by atoms with E-state index >= 15 is 0 Å². The Morgan fingerprint density at radius 3 is 2.57 bits per heavy atom. The molecule has 0 radical (unpaired) electrons. The Labute approximate surface area is 172 Å². The normalized spacial score (nSPS) is 10.6. The van der Waals surface area contributed by atoms with Crippen molar-refractivity contribution in [1.82, 2.24) is 9.97 Å². The fourth-order valence-corrected chi connectivity index (χ4v) is 3.96. The summed E-state index contributed by atoms with van der Waals surface area (Å²) in [5.74, 6) is 0.626. The van der Waals surface area contributed by atoms with Crippen LogP contribution in [0.2, 0.25) is 0 Å². The van der Waals surface area contributed by atoms with E-state index in [-0.39, 0.29) is 17.2 Å². The molecule has 0 spiro atoms. The minimum atomic E-state index is -0.212. The van der Waals surface area contributed by atoms with Gasteiger partial charge in [0.05, 0.1) is 11.4 Å². The average molecular weight is 412 g/mol. The Kier molecular flexibility index (Phi) is 6.95. The summed E-state index contributed by atoms with van der Waals surface area (Å²) in [5.41, 5.74) is 3.55. The molecule has 1 aromatic heterocycles. The molecule has 0 unspecified atom stereocenters. The van der Waals surface area contributed by atoms with Gasteiger partial charge in [-0.3, -0.25) is 9.59 Å². The van der Waals surface area contributed by atoms with Gasteiger partial charge in [-0.1, -0.05) is 36.0 Å². The molecule has 2 N–H and O–H groups in total. The highest BCUT2D eigenvalue weighted by Crippen LogP contribution is 2.22. The van der Waals surface area contributed by atoms with Crippen molar-refractivity contribution < 1.29 is 4.79 Å². The molecular formula is C21H21N3O2S2. The van der Waals surface area contributed by atoms with Crippen LogP contribution in [0.4, 0.5) is 5.69 Å². The zero-order chi connectivity index (χ0) is 19.9. The number of rotatable bonds is 7. The maximum absolute atomic E-state index is 12.2. The molecule has 0 saturated heterocycles. The first-order valence-corrected chi connectivity index (χ1v) is 10.7. The van der Waals surface area contributed by atoms with Gasteiger partial charge in [-0.2, -0.15) is 0 Å². The molecule has 28 heavy (non-hydrogen) atoms. The number of anilines is 1. The SMILES string of the molecule is Cc1ccc(NC(=O)CSc2nc(CSc3ccccc3)cc(=O)[nH]2)cc1C. The summed E-state index contributed by atoms with van der Waals surface area (Å²) in [4.78, 5) is 32.4. The number of nitrogens with zero attached hydrogens (tertiary/aromatic N) is 1. The topological polar surface area (TPSA) is 74.8 Å². The molecule has 0 fully saturated rings. The minimum absolute atomic E-state index is 0.139. The molecule has 2 aromatic carbocycles. The third-order valence-corrected chi connectivity index (χ3v) is 5.95. The summed E-state index contributed by atoms with van der Waals surface area (Å²) >= 11 is 2.83. The third-order valence-electron chi connectivity index (χ3n) is 4.03. The standard InChI is InChI=1S/C21H21N3O2S2/c1-14-8-9-16(10-15(14)2)22-20(26)13-28-21-23-17(11-19(25)24-21)12-27-18-6-4-3-5-7-18/h3-11H,12-13H2,1-2H3,(H,22,26)(H,23,24,25). The quantitative estimate of drug-likeness (QED) is 0.445. The van der Waals surface area contributed by atoms with Gasteiger partial charge in [0, 0.05) is 22.4 Å². The summed E-state index contributed by atoms with van der Waals surface area (Å²) < 4.78 is 0. The number of benzene rings is 2. The van der Waals surface area contributed by atoms with Crippen LogP contribution in [0.25, 0.3) is 0 Å². The predicted octanol–water partition coefficient (Wildman–Crippen LogP) is 4.41. The first-order chi connectivity index (χ1) is 13.5. The third kappa shape index (κ3) is 6.00. The van der Waals surface area contributed by atoms with Crippen LogP contribution in [-0.2, 0) is 10.5 Å². The summed E-state index contributed by atoms with van der Waals surface area (Å²) in [6, 6.07) is 17.3. The van der Waals surface area contributed by atoms with Crippen molar-refractivity contribution in [3.63, 3.8) is 0 Å². The van der Waals surface area contributed by atoms with Gasteiger partial charge in [-0.15, -0.1) is 11.8 Å². The van der Waals surface area contributed by atoms with E-state index in [0.29, 0.717) is 16.6 Å². The van der Waals surface area contributed by atoms with Gasteiger partial charge in [0.1, 0.15) is 0 Å². The van der Waals surface area contributed by atoms with Gasteiger partial charge in [0.25, 0.3) is 5.56 Å². The zero-order valence-electron chi connectivity index (χ0n) is 15.7.